The first-order valence-corrected chi connectivity index (χ1v) is 7.98. The van der Waals surface area contributed by atoms with Crippen molar-refractivity contribution in [3.05, 3.63) is 46.7 Å². The van der Waals surface area contributed by atoms with Crippen LogP contribution in [0.5, 0.6) is 0 Å². The van der Waals surface area contributed by atoms with Gasteiger partial charge in [0.15, 0.2) is 5.78 Å². The molecule has 1 aliphatic heterocycles. The average molecular weight is 352 g/mol. The lowest BCUT2D eigenvalue weighted by Gasteiger charge is -2.42. The number of nitrogens with zero attached hydrogens (tertiary/aromatic N) is 1. The summed E-state index contributed by atoms with van der Waals surface area (Å²) in [6, 6.07) is 3.47. The smallest absolute Gasteiger partial charge is 0.327 e. The summed E-state index contributed by atoms with van der Waals surface area (Å²) in [5, 5.41) is 2.56. The molecule has 0 radical (unpaired) electrons. The summed E-state index contributed by atoms with van der Waals surface area (Å²) in [6.45, 7) is 3.82. The fraction of sp³-hybridized carbons (Fsp3) is 0.444. The Kier molecular flexibility index (Phi) is 3.93. The highest BCUT2D eigenvalue weighted by atomic mass is 19.4. The molecule has 0 bridgehead atoms. The van der Waals surface area contributed by atoms with Crippen molar-refractivity contribution in [1.82, 2.24) is 10.2 Å². The number of carbonyl (C=O) groups is 2. The van der Waals surface area contributed by atoms with Gasteiger partial charge in [-0.15, -0.1) is 0 Å². The van der Waals surface area contributed by atoms with Crippen molar-refractivity contribution in [3.8, 4) is 0 Å². The third-order valence-electron chi connectivity index (χ3n) is 4.74. The van der Waals surface area contributed by atoms with Crippen LogP contribution in [0.1, 0.15) is 43.9 Å². The first-order chi connectivity index (χ1) is 11.5. The molecule has 7 heteroatoms. The molecule has 0 unspecified atom stereocenters. The maximum Gasteiger partial charge on any atom is 0.416 e. The lowest BCUT2D eigenvalue weighted by atomic mass is 9.72. The molecule has 2 aliphatic rings. The number of nitrogens with one attached hydrogen (secondary N) is 1. The predicted octanol–water partition coefficient (Wildman–Crippen LogP) is 4.04. The van der Waals surface area contributed by atoms with Gasteiger partial charge in [-0.2, -0.15) is 13.2 Å². The number of carbonyl (C=O) groups excluding carboxylic acids is 2. The van der Waals surface area contributed by atoms with Crippen LogP contribution in [-0.2, 0) is 11.0 Å². The zero-order valence-corrected chi connectivity index (χ0v) is 14.2. The van der Waals surface area contributed by atoms with E-state index in [-0.39, 0.29) is 28.8 Å². The fourth-order valence-corrected chi connectivity index (χ4v) is 3.58. The summed E-state index contributed by atoms with van der Waals surface area (Å²) >= 11 is 0. The van der Waals surface area contributed by atoms with E-state index in [1.807, 2.05) is 13.8 Å². The minimum atomic E-state index is -4.57. The largest absolute Gasteiger partial charge is 0.416 e. The predicted molar refractivity (Wildman–Crippen MR) is 85.5 cm³/mol. The molecule has 2 amide bonds. The number of hydrogen-bond donors (Lipinski definition) is 1. The van der Waals surface area contributed by atoms with Crippen LogP contribution in [0.25, 0.3) is 0 Å². The molecular weight excluding hydrogens is 333 g/mol. The molecule has 0 aromatic heterocycles. The molecule has 0 spiro atoms. The van der Waals surface area contributed by atoms with Crippen molar-refractivity contribution in [1.29, 1.82) is 0 Å². The van der Waals surface area contributed by atoms with Crippen LogP contribution in [0.2, 0.25) is 0 Å². The minimum absolute atomic E-state index is 0.1000. The molecule has 1 heterocycles. The molecule has 3 rings (SSSR count). The number of rotatable bonds is 1. The van der Waals surface area contributed by atoms with Gasteiger partial charge in [0.1, 0.15) is 0 Å². The van der Waals surface area contributed by atoms with Gasteiger partial charge < -0.3 is 10.2 Å². The number of amides is 2. The van der Waals surface area contributed by atoms with Gasteiger partial charge in [0, 0.05) is 24.7 Å². The minimum Gasteiger partial charge on any atom is -0.327 e. The molecule has 0 fully saturated rings. The zero-order chi connectivity index (χ0) is 18.6. The summed E-state index contributed by atoms with van der Waals surface area (Å²) < 4.78 is 40.2. The van der Waals surface area contributed by atoms with Gasteiger partial charge >= 0.3 is 12.2 Å². The topological polar surface area (TPSA) is 49.4 Å². The van der Waals surface area contributed by atoms with Crippen molar-refractivity contribution >= 4 is 11.8 Å². The average Bonchev–Trinajstić information content (AvgIpc) is 2.49. The van der Waals surface area contributed by atoms with E-state index in [0.29, 0.717) is 12.1 Å². The van der Waals surface area contributed by atoms with Gasteiger partial charge in [-0.25, -0.2) is 4.79 Å². The van der Waals surface area contributed by atoms with E-state index in [2.05, 4.69) is 5.32 Å². The first-order valence-electron chi connectivity index (χ1n) is 7.98. The van der Waals surface area contributed by atoms with E-state index < -0.39 is 23.8 Å². The summed E-state index contributed by atoms with van der Waals surface area (Å²) in [7, 11) is 1.53. The maximum absolute atomic E-state index is 13.4. The van der Waals surface area contributed by atoms with E-state index >= 15 is 0 Å². The van der Waals surface area contributed by atoms with Gasteiger partial charge in [-0.3, -0.25) is 4.79 Å². The monoisotopic (exact) mass is 352 g/mol. The molecule has 0 saturated heterocycles. The maximum atomic E-state index is 13.4. The van der Waals surface area contributed by atoms with Crippen molar-refractivity contribution in [2.24, 2.45) is 5.41 Å². The quantitative estimate of drug-likeness (QED) is 0.829. The fourth-order valence-electron chi connectivity index (χ4n) is 3.58. The molecule has 1 N–H and O–H groups in total. The zero-order valence-electron chi connectivity index (χ0n) is 14.2. The number of benzene rings is 1. The van der Waals surface area contributed by atoms with Crippen LogP contribution in [0.15, 0.2) is 35.5 Å². The second kappa shape index (κ2) is 5.61. The van der Waals surface area contributed by atoms with E-state index in [0.717, 1.165) is 6.07 Å². The summed E-state index contributed by atoms with van der Waals surface area (Å²) in [5.74, 6) is -0.222. The Morgan fingerprint density at radius 2 is 1.80 bits per heavy atom. The second-order valence-electron chi connectivity index (χ2n) is 7.33. The highest BCUT2D eigenvalue weighted by Crippen LogP contribution is 2.45. The number of allylic oxidation sites excluding steroid dienone is 1. The standard InChI is InChI=1S/C18H19F3N2O2/c1-17(2)8-12-14(13(24)9-17)15(22-16(25)23(12)3)10-6-4-5-7-11(10)18(19,20)21/h4-7,15H,8-9H2,1-3H3,(H,22,25)/t15-/m0/s1. The number of hydrogen-bond acceptors (Lipinski definition) is 2. The van der Waals surface area contributed by atoms with Crippen molar-refractivity contribution in [2.75, 3.05) is 7.05 Å². The van der Waals surface area contributed by atoms with Crippen molar-refractivity contribution in [3.63, 3.8) is 0 Å². The third-order valence-corrected chi connectivity index (χ3v) is 4.74. The lowest BCUT2D eigenvalue weighted by molar-refractivity contribution is -0.138. The summed E-state index contributed by atoms with van der Waals surface area (Å²) in [5.41, 5.74) is -0.507. The number of ketones is 1. The van der Waals surface area contributed by atoms with Crippen LogP contribution < -0.4 is 5.32 Å². The molecule has 0 saturated carbocycles. The molecule has 1 aromatic rings. The van der Waals surface area contributed by atoms with Gasteiger partial charge in [0.2, 0.25) is 0 Å². The van der Waals surface area contributed by atoms with E-state index in [1.54, 1.807) is 0 Å². The summed E-state index contributed by atoms with van der Waals surface area (Å²) in [6.07, 6.45) is -3.87. The Bertz CT molecular complexity index is 781. The number of urea groups is 1. The molecule has 1 atom stereocenters. The van der Waals surface area contributed by atoms with Gasteiger partial charge in [0.25, 0.3) is 0 Å². The number of alkyl halides is 3. The normalized spacial score (nSPS) is 23.4. The molecule has 25 heavy (non-hydrogen) atoms. The Labute approximate surface area is 143 Å². The van der Waals surface area contributed by atoms with Crippen LogP contribution in [-0.4, -0.2) is 23.8 Å². The van der Waals surface area contributed by atoms with Crippen LogP contribution in [0.3, 0.4) is 0 Å². The van der Waals surface area contributed by atoms with Crippen molar-refractivity contribution in [2.45, 2.75) is 38.9 Å². The Hall–Kier alpha value is -2.31. The molecular formula is C18H19F3N2O2. The third kappa shape index (κ3) is 3.03. The van der Waals surface area contributed by atoms with Crippen LogP contribution in [0.4, 0.5) is 18.0 Å². The Morgan fingerprint density at radius 3 is 2.44 bits per heavy atom. The SMILES string of the molecule is CN1C(=O)N[C@@H](c2ccccc2C(F)(F)F)C2=C1CC(C)(C)CC2=O. The lowest BCUT2D eigenvalue weighted by Crippen LogP contribution is -2.49. The van der Waals surface area contributed by atoms with E-state index in [4.69, 9.17) is 0 Å². The molecule has 1 aromatic carbocycles. The van der Waals surface area contributed by atoms with Crippen LogP contribution >= 0.6 is 0 Å². The van der Waals surface area contributed by atoms with Crippen LogP contribution in [0, 0.1) is 5.41 Å². The molecule has 4 nitrogen and oxygen atoms in total. The van der Waals surface area contributed by atoms with Gasteiger partial charge in [0.05, 0.1) is 11.6 Å². The molecule has 1 aliphatic carbocycles. The second-order valence-corrected chi connectivity index (χ2v) is 7.33. The number of halogens is 3. The number of Topliss-reactive ketones (excluding diaryl/α,β-unsaturated/α-hetero) is 1. The summed E-state index contributed by atoms with van der Waals surface area (Å²) in [4.78, 5) is 26.4. The molecule has 134 valence electrons. The van der Waals surface area contributed by atoms with Gasteiger partial charge in [-0.05, 0) is 23.5 Å². The van der Waals surface area contributed by atoms with E-state index in [9.17, 15) is 22.8 Å². The van der Waals surface area contributed by atoms with E-state index in [1.165, 1.54) is 30.1 Å². The van der Waals surface area contributed by atoms with Crippen molar-refractivity contribution < 1.29 is 22.8 Å². The highest BCUT2D eigenvalue weighted by molar-refractivity contribution is 6.01. The Balaban J connectivity index is 2.20. The highest BCUT2D eigenvalue weighted by Gasteiger charge is 2.45. The first kappa shape index (κ1) is 17.5. The Morgan fingerprint density at radius 1 is 1.16 bits per heavy atom. The van der Waals surface area contributed by atoms with Gasteiger partial charge in [-0.1, -0.05) is 32.0 Å².